The molecule has 1 amide bonds. The van der Waals surface area contributed by atoms with E-state index in [0.29, 0.717) is 35.1 Å². The first kappa shape index (κ1) is 22.1. The molecule has 1 N–H and O–H groups in total. The minimum atomic E-state index is -0.621. The van der Waals surface area contributed by atoms with Crippen molar-refractivity contribution in [2.24, 2.45) is 0 Å². The largest absolute Gasteiger partial charge is 0.497 e. The first-order chi connectivity index (χ1) is 14.9. The fourth-order valence-corrected chi connectivity index (χ4v) is 3.01. The Balaban J connectivity index is 1.65. The lowest BCUT2D eigenvalue weighted by molar-refractivity contribution is -0.128. The zero-order valence-electron chi connectivity index (χ0n) is 18.4. The van der Waals surface area contributed by atoms with Crippen LogP contribution in [0.1, 0.15) is 30.4 Å². The number of carbonyl (C=O) groups excluding carboxylic acids is 1. The number of carbonyl (C=O) groups is 1. The Hall–Kier alpha value is -3.55. The van der Waals surface area contributed by atoms with E-state index in [-0.39, 0.29) is 18.3 Å². The molecular weight excluding hydrogens is 398 g/mol. The maximum Gasteiger partial charge on any atom is 0.261 e. The zero-order valence-corrected chi connectivity index (χ0v) is 18.4. The standard InChI is InChI=1S/C23H27N3O5/c1-6-18(30-19-11-14(2)7-8-15(19)3)23(27)24-13-21-25-22(26-31-21)17-10-9-16(28-4)12-20(17)29-5/h7-12,18H,6,13H2,1-5H3,(H,24,27). The molecule has 1 atom stereocenters. The van der Waals surface area contributed by atoms with E-state index in [4.69, 9.17) is 18.7 Å². The highest BCUT2D eigenvalue weighted by molar-refractivity contribution is 5.81. The molecule has 31 heavy (non-hydrogen) atoms. The molecule has 8 heteroatoms. The van der Waals surface area contributed by atoms with Crippen LogP contribution in [0.3, 0.4) is 0 Å². The lowest BCUT2D eigenvalue weighted by Crippen LogP contribution is -2.37. The molecule has 8 nitrogen and oxygen atoms in total. The molecule has 1 heterocycles. The van der Waals surface area contributed by atoms with Crippen molar-refractivity contribution < 1.29 is 23.5 Å². The van der Waals surface area contributed by atoms with E-state index in [1.165, 1.54) is 0 Å². The summed E-state index contributed by atoms with van der Waals surface area (Å²) in [5.41, 5.74) is 2.71. The maximum atomic E-state index is 12.6. The predicted molar refractivity (Wildman–Crippen MR) is 115 cm³/mol. The molecule has 0 aliphatic rings. The van der Waals surface area contributed by atoms with Crippen LogP contribution in [0.15, 0.2) is 40.9 Å². The van der Waals surface area contributed by atoms with Gasteiger partial charge in [-0.2, -0.15) is 4.98 Å². The number of benzene rings is 2. The summed E-state index contributed by atoms with van der Waals surface area (Å²) in [6.07, 6.45) is -0.0956. The van der Waals surface area contributed by atoms with Gasteiger partial charge in [0.1, 0.15) is 17.2 Å². The van der Waals surface area contributed by atoms with Crippen LogP contribution in [0.4, 0.5) is 0 Å². The molecular formula is C23H27N3O5. The summed E-state index contributed by atoms with van der Waals surface area (Å²) in [7, 11) is 3.14. The Bertz CT molecular complexity index is 1050. The number of ether oxygens (including phenoxy) is 3. The van der Waals surface area contributed by atoms with E-state index in [2.05, 4.69) is 15.5 Å². The van der Waals surface area contributed by atoms with Gasteiger partial charge in [0.05, 0.1) is 26.3 Å². The third kappa shape index (κ3) is 5.33. The third-order valence-corrected chi connectivity index (χ3v) is 4.81. The maximum absolute atomic E-state index is 12.6. The molecule has 0 saturated heterocycles. The smallest absolute Gasteiger partial charge is 0.261 e. The molecule has 2 aromatic carbocycles. The Kier molecular flexibility index (Phi) is 7.12. The predicted octanol–water partition coefficient (Wildman–Crippen LogP) is 3.84. The van der Waals surface area contributed by atoms with Gasteiger partial charge in [-0.1, -0.05) is 24.2 Å². The van der Waals surface area contributed by atoms with Gasteiger partial charge in [-0.05, 0) is 49.6 Å². The first-order valence-electron chi connectivity index (χ1n) is 10.0. The second-order valence-electron chi connectivity index (χ2n) is 7.08. The number of aromatic nitrogens is 2. The summed E-state index contributed by atoms with van der Waals surface area (Å²) in [5.74, 6) is 2.32. The number of nitrogens with one attached hydrogen (secondary N) is 1. The first-order valence-corrected chi connectivity index (χ1v) is 10.0. The van der Waals surface area contributed by atoms with Crippen molar-refractivity contribution in [3.8, 4) is 28.6 Å². The van der Waals surface area contributed by atoms with Crippen molar-refractivity contribution in [2.45, 2.75) is 39.8 Å². The van der Waals surface area contributed by atoms with Crippen LogP contribution in [-0.2, 0) is 11.3 Å². The number of hydrogen-bond acceptors (Lipinski definition) is 7. The quantitative estimate of drug-likeness (QED) is 0.556. The van der Waals surface area contributed by atoms with Crippen LogP contribution in [-0.4, -0.2) is 36.4 Å². The van der Waals surface area contributed by atoms with E-state index in [0.717, 1.165) is 11.1 Å². The summed E-state index contributed by atoms with van der Waals surface area (Å²) in [5, 5.41) is 6.80. The Labute approximate surface area is 181 Å². The Morgan fingerprint density at radius 1 is 1.10 bits per heavy atom. The topological polar surface area (TPSA) is 95.7 Å². The van der Waals surface area contributed by atoms with Gasteiger partial charge in [0.25, 0.3) is 5.91 Å². The van der Waals surface area contributed by atoms with Crippen molar-refractivity contribution >= 4 is 5.91 Å². The number of nitrogens with zero attached hydrogens (tertiary/aromatic N) is 2. The average Bonchev–Trinajstić information content (AvgIpc) is 3.26. The number of methoxy groups -OCH3 is 2. The highest BCUT2D eigenvalue weighted by Gasteiger charge is 2.21. The van der Waals surface area contributed by atoms with Crippen molar-refractivity contribution in [2.75, 3.05) is 14.2 Å². The normalized spacial score (nSPS) is 11.6. The molecule has 164 valence electrons. The minimum Gasteiger partial charge on any atom is -0.497 e. The van der Waals surface area contributed by atoms with Gasteiger partial charge in [0.2, 0.25) is 11.7 Å². The van der Waals surface area contributed by atoms with Crippen LogP contribution < -0.4 is 19.5 Å². The Morgan fingerprint density at radius 3 is 2.61 bits per heavy atom. The van der Waals surface area contributed by atoms with E-state index in [1.54, 1.807) is 32.4 Å². The van der Waals surface area contributed by atoms with Crippen LogP contribution >= 0.6 is 0 Å². The molecule has 0 bridgehead atoms. The zero-order chi connectivity index (χ0) is 22.4. The van der Waals surface area contributed by atoms with Crippen LogP contribution in [0, 0.1) is 13.8 Å². The monoisotopic (exact) mass is 425 g/mol. The molecule has 0 aliphatic heterocycles. The SMILES string of the molecule is CCC(Oc1cc(C)ccc1C)C(=O)NCc1nc(-c2ccc(OC)cc2OC)no1. The van der Waals surface area contributed by atoms with Crippen LogP contribution in [0.5, 0.6) is 17.2 Å². The van der Waals surface area contributed by atoms with Crippen LogP contribution in [0.25, 0.3) is 11.4 Å². The molecule has 3 aromatic rings. The number of rotatable bonds is 9. The van der Waals surface area contributed by atoms with Crippen molar-refractivity contribution in [3.05, 3.63) is 53.4 Å². The van der Waals surface area contributed by atoms with Gasteiger partial charge in [0, 0.05) is 6.07 Å². The number of aryl methyl sites for hydroxylation is 2. The van der Waals surface area contributed by atoms with Crippen molar-refractivity contribution in [1.82, 2.24) is 15.5 Å². The molecule has 3 rings (SSSR count). The summed E-state index contributed by atoms with van der Waals surface area (Å²) in [6, 6.07) is 11.2. The van der Waals surface area contributed by atoms with Gasteiger partial charge in [-0.25, -0.2) is 0 Å². The number of amides is 1. The van der Waals surface area contributed by atoms with Gasteiger partial charge >= 0.3 is 0 Å². The van der Waals surface area contributed by atoms with Gasteiger partial charge < -0.3 is 24.1 Å². The van der Waals surface area contributed by atoms with Gasteiger partial charge in [0.15, 0.2) is 6.10 Å². The fraction of sp³-hybridized carbons (Fsp3) is 0.348. The summed E-state index contributed by atoms with van der Waals surface area (Å²) in [6.45, 7) is 5.93. The lowest BCUT2D eigenvalue weighted by Gasteiger charge is -2.18. The lowest BCUT2D eigenvalue weighted by atomic mass is 10.1. The number of hydrogen-bond donors (Lipinski definition) is 1. The van der Waals surface area contributed by atoms with Gasteiger partial charge in [-0.3, -0.25) is 4.79 Å². The van der Waals surface area contributed by atoms with Crippen molar-refractivity contribution in [3.63, 3.8) is 0 Å². The second-order valence-corrected chi connectivity index (χ2v) is 7.08. The molecule has 1 aromatic heterocycles. The van der Waals surface area contributed by atoms with Gasteiger partial charge in [-0.15, -0.1) is 0 Å². The summed E-state index contributed by atoms with van der Waals surface area (Å²) in [4.78, 5) is 17.0. The summed E-state index contributed by atoms with van der Waals surface area (Å²) < 4.78 is 21.8. The van der Waals surface area contributed by atoms with E-state index in [9.17, 15) is 4.79 Å². The van der Waals surface area contributed by atoms with E-state index >= 15 is 0 Å². The van der Waals surface area contributed by atoms with Crippen molar-refractivity contribution in [1.29, 1.82) is 0 Å². The molecule has 0 radical (unpaired) electrons. The highest BCUT2D eigenvalue weighted by Crippen LogP contribution is 2.31. The molecule has 0 spiro atoms. The molecule has 1 unspecified atom stereocenters. The highest BCUT2D eigenvalue weighted by atomic mass is 16.5. The summed E-state index contributed by atoms with van der Waals surface area (Å²) >= 11 is 0. The minimum absolute atomic E-state index is 0.0942. The van der Waals surface area contributed by atoms with Crippen LogP contribution in [0.2, 0.25) is 0 Å². The molecule has 0 aliphatic carbocycles. The second kappa shape index (κ2) is 9.97. The molecule has 0 fully saturated rings. The van der Waals surface area contributed by atoms with E-state index < -0.39 is 6.10 Å². The third-order valence-electron chi connectivity index (χ3n) is 4.81. The average molecular weight is 425 g/mol. The Morgan fingerprint density at radius 2 is 1.90 bits per heavy atom. The molecule has 0 saturated carbocycles. The van der Waals surface area contributed by atoms with E-state index in [1.807, 2.05) is 39.0 Å². The fourth-order valence-electron chi connectivity index (χ4n) is 3.01.